The van der Waals surface area contributed by atoms with Gasteiger partial charge in [-0.3, -0.25) is 19.4 Å². The van der Waals surface area contributed by atoms with Crippen molar-refractivity contribution >= 4 is 34.5 Å². The van der Waals surface area contributed by atoms with Crippen LogP contribution in [0.5, 0.6) is 0 Å². The topological polar surface area (TPSA) is 106 Å². The minimum atomic E-state index is -0.781. The number of ketones is 2. The molecule has 9 nitrogen and oxygen atoms in total. The molecule has 0 N–H and O–H groups in total. The maximum absolute atomic E-state index is 13.3. The number of nitrogens with zero attached hydrogens (tertiary/aromatic N) is 3. The smallest absolute Gasteiger partial charge is 0.411 e. The number of carbonyl (C=O) groups excluding carboxylic acids is 4. The van der Waals surface area contributed by atoms with Gasteiger partial charge in [0.2, 0.25) is 0 Å². The zero-order valence-corrected chi connectivity index (χ0v) is 29.5. The Labute approximate surface area is 284 Å². The van der Waals surface area contributed by atoms with Gasteiger partial charge >= 0.3 is 12.1 Å². The summed E-state index contributed by atoms with van der Waals surface area (Å²) in [6, 6.07) is 16.2. The van der Waals surface area contributed by atoms with Gasteiger partial charge in [-0.15, -0.1) is 0 Å². The number of pyridine rings is 1. The average molecular weight is 656 g/mol. The van der Waals surface area contributed by atoms with Crippen LogP contribution in [0.1, 0.15) is 95.5 Å². The molecule has 2 saturated heterocycles. The van der Waals surface area contributed by atoms with E-state index in [-0.39, 0.29) is 29.1 Å². The predicted molar refractivity (Wildman–Crippen MR) is 186 cm³/mol. The summed E-state index contributed by atoms with van der Waals surface area (Å²) >= 11 is 0. The van der Waals surface area contributed by atoms with Crippen LogP contribution in [-0.4, -0.2) is 81.3 Å². The van der Waals surface area contributed by atoms with Crippen LogP contribution in [0.4, 0.5) is 4.79 Å². The van der Waals surface area contributed by atoms with Crippen LogP contribution in [-0.2, 0) is 14.3 Å². The van der Waals surface area contributed by atoms with E-state index >= 15 is 0 Å². The molecule has 2 aliphatic heterocycles. The van der Waals surface area contributed by atoms with Gasteiger partial charge in [0.1, 0.15) is 17.3 Å². The predicted octanol–water partition coefficient (Wildman–Crippen LogP) is 7.35. The van der Waals surface area contributed by atoms with E-state index < -0.39 is 30.3 Å². The fourth-order valence-electron chi connectivity index (χ4n) is 6.90. The average Bonchev–Trinajstić information content (AvgIpc) is 3.60. The second-order valence-corrected chi connectivity index (χ2v) is 15.6. The molecule has 1 amide bonds. The fraction of sp³-hybridized carbons (Fsp3) is 0.513. The Morgan fingerprint density at radius 3 is 2.15 bits per heavy atom. The zero-order valence-electron chi connectivity index (χ0n) is 29.5. The van der Waals surface area contributed by atoms with Crippen molar-refractivity contribution in [1.29, 1.82) is 0 Å². The number of esters is 1. The molecule has 5 rings (SSSR count). The quantitative estimate of drug-likeness (QED) is 0.183. The molecule has 1 aromatic heterocycles. The second-order valence-electron chi connectivity index (χ2n) is 15.6. The molecule has 2 fully saturated rings. The lowest BCUT2D eigenvalue weighted by Crippen LogP contribution is -2.45. The number of carbonyl (C=O) groups is 4. The molecular weight excluding hydrogens is 606 g/mol. The SMILES string of the molecule is CC1CC(CC(=O)c2ccc3cc(-c4ccc(C(=O)COC(=O)[C@@H]5C[C@H](C)CN5C(=O)OC(C)(C)C)cc4)ccc3n2)N(C(C)(C)C)C1. The molecule has 3 heterocycles. The molecule has 0 bridgehead atoms. The highest BCUT2D eigenvalue weighted by molar-refractivity contribution is 5.99. The van der Waals surface area contributed by atoms with Crippen molar-refractivity contribution in [2.75, 3.05) is 19.7 Å². The molecule has 9 heteroatoms. The molecule has 0 radical (unpaired) electrons. The minimum absolute atomic E-state index is 0.0161. The third-order valence-corrected chi connectivity index (χ3v) is 9.18. The Kier molecular flexibility index (Phi) is 10.1. The van der Waals surface area contributed by atoms with Crippen molar-refractivity contribution < 1.29 is 28.7 Å². The third-order valence-electron chi connectivity index (χ3n) is 9.18. The molecule has 2 aromatic carbocycles. The Morgan fingerprint density at radius 1 is 0.812 bits per heavy atom. The van der Waals surface area contributed by atoms with Gasteiger partial charge in [-0.05, 0) is 95.5 Å². The molecule has 0 saturated carbocycles. The zero-order chi connectivity index (χ0) is 35.0. The van der Waals surface area contributed by atoms with Gasteiger partial charge in [-0.2, -0.15) is 0 Å². The summed E-state index contributed by atoms with van der Waals surface area (Å²) in [5.74, 6) is -0.191. The lowest BCUT2D eigenvalue weighted by molar-refractivity contribution is -0.147. The molecule has 4 atom stereocenters. The van der Waals surface area contributed by atoms with Crippen LogP contribution < -0.4 is 0 Å². The van der Waals surface area contributed by atoms with Crippen LogP contribution >= 0.6 is 0 Å². The van der Waals surface area contributed by atoms with Crippen molar-refractivity contribution in [3.8, 4) is 11.1 Å². The summed E-state index contributed by atoms with van der Waals surface area (Å²) in [6.45, 7) is 17.1. The maximum atomic E-state index is 13.3. The van der Waals surface area contributed by atoms with Gasteiger partial charge in [-0.1, -0.05) is 50.2 Å². The molecule has 3 aromatic rings. The number of benzene rings is 2. The first kappa shape index (κ1) is 35.2. The number of Topliss-reactive ketones (excluding diaryl/α,β-unsaturated/α-hetero) is 2. The first-order chi connectivity index (χ1) is 22.5. The second kappa shape index (κ2) is 13.8. The summed E-state index contributed by atoms with van der Waals surface area (Å²) in [4.78, 5) is 60.3. The number of likely N-dealkylation sites (tertiary alicyclic amines) is 2. The van der Waals surface area contributed by atoms with Gasteiger partial charge in [0.25, 0.3) is 0 Å². The van der Waals surface area contributed by atoms with E-state index in [1.807, 2.05) is 49.4 Å². The highest BCUT2D eigenvalue weighted by atomic mass is 16.6. The number of fused-ring (bicyclic) bond motifs is 1. The van der Waals surface area contributed by atoms with E-state index in [2.05, 4.69) is 32.6 Å². The molecule has 256 valence electrons. The molecule has 0 spiro atoms. The molecule has 2 aliphatic rings. The molecule has 2 unspecified atom stereocenters. The van der Waals surface area contributed by atoms with E-state index in [0.29, 0.717) is 36.6 Å². The van der Waals surface area contributed by atoms with Crippen LogP contribution in [0, 0.1) is 11.8 Å². The fourth-order valence-corrected chi connectivity index (χ4v) is 6.90. The first-order valence-electron chi connectivity index (χ1n) is 17.0. The number of hydrogen-bond acceptors (Lipinski definition) is 8. The first-order valence-corrected chi connectivity index (χ1v) is 17.0. The number of rotatable bonds is 8. The maximum Gasteiger partial charge on any atom is 0.411 e. The van der Waals surface area contributed by atoms with Crippen LogP contribution in [0.3, 0.4) is 0 Å². The van der Waals surface area contributed by atoms with E-state index in [1.54, 1.807) is 32.9 Å². The van der Waals surface area contributed by atoms with Crippen molar-refractivity contribution in [3.05, 3.63) is 65.9 Å². The molecule has 0 aliphatic carbocycles. The van der Waals surface area contributed by atoms with E-state index in [9.17, 15) is 19.2 Å². The summed E-state index contributed by atoms with van der Waals surface area (Å²) in [5, 5.41) is 0.920. The van der Waals surface area contributed by atoms with Crippen molar-refractivity contribution in [1.82, 2.24) is 14.8 Å². The molecular formula is C39H49N3O6. The monoisotopic (exact) mass is 655 g/mol. The van der Waals surface area contributed by atoms with E-state index in [4.69, 9.17) is 14.5 Å². The summed E-state index contributed by atoms with van der Waals surface area (Å²) < 4.78 is 10.8. The standard InChI is InChI=1S/C39H49N3O6/c1-24-17-30(42(22-24)38(3,4)5)20-34(43)32-16-14-29-19-28(13-15-31(29)40-32)26-9-11-27(12-10-26)35(44)23-47-36(45)33-18-25(2)21-41(33)37(46)48-39(6,7)8/h9-16,19,24-25,30,33H,17-18,20-23H2,1-8H3/t24?,25-,30?,33-/m0/s1. The van der Waals surface area contributed by atoms with Gasteiger partial charge in [0, 0.05) is 42.0 Å². The minimum Gasteiger partial charge on any atom is -0.456 e. The largest absolute Gasteiger partial charge is 0.456 e. The third kappa shape index (κ3) is 8.29. The summed E-state index contributed by atoms with van der Waals surface area (Å²) in [7, 11) is 0. The van der Waals surface area contributed by atoms with Crippen LogP contribution in [0.15, 0.2) is 54.6 Å². The Morgan fingerprint density at radius 2 is 1.48 bits per heavy atom. The van der Waals surface area contributed by atoms with Gasteiger partial charge in [-0.25, -0.2) is 14.6 Å². The van der Waals surface area contributed by atoms with Crippen molar-refractivity contribution in [2.24, 2.45) is 11.8 Å². The number of ether oxygens (including phenoxy) is 2. The lowest BCUT2D eigenvalue weighted by atomic mass is 9.98. The van der Waals surface area contributed by atoms with Crippen LogP contribution in [0.2, 0.25) is 0 Å². The normalized spacial score (nSPS) is 21.8. The van der Waals surface area contributed by atoms with Crippen molar-refractivity contribution in [3.63, 3.8) is 0 Å². The van der Waals surface area contributed by atoms with Gasteiger partial charge in [0.15, 0.2) is 18.2 Å². The van der Waals surface area contributed by atoms with Gasteiger partial charge < -0.3 is 9.47 Å². The summed E-state index contributed by atoms with van der Waals surface area (Å²) in [6.07, 6.45) is 1.38. The number of hydrogen-bond donors (Lipinski definition) is 0. The number of amides is 1. The Hall–Kier alpha value is -4.11. The van der Waals surface area contributed by atoms with E-state index in [1.165, 1.54) is 4.90 Å². The number of aromatic nitrogens is 1. The summed E-state index contributed by atoms with van der Waals surface area (Å²) in [5.41, 5.74) is 2.86. The van der Waals surface area contributed by atoms with Crippen LogP contribution in [0.25, 0.3) is 22.0 Å². The Balaban J connectivity index is 1.19. The van der Waals surface area contributed by atoms with Crippen molar-refractivity contribution in [2.45, 2.75) is 97.9 Å². The van der Waals surface area contributed by atoms with E-state index in [0.717, 1.165) is 35.0 Å². The molecule has 48 heavy (non-hydrogen) atoms. The lowest BCUT2D eigenvalue weighted by Gasteiger charge is -2.36. The highest BCUT2D eigenvalue weighted by Gasteiger charge is 2.41. The van der Waals surface area contributed by atoms with Gasteiger partial charge in [0.05, 0.1) is 5.52 Å². The highest BCUT2D eigenvalue weighted by Crippen LogP contribution is 2.33. The Bertz CT molecular complexity index is 1690.